The van der Waals surface area contributed by atoms with Crippen molar-refractivity contribution in [3.63, 3.8) is 0 Å². The van der Waals surface area contributed by atoms with Crippen LogP contribution in [0.25, 0.3) is 0 Å². The van der Waals surface area contributed by atoms with E-state index in [4.69, 9.17) is 4.74 Å². The molecule has 0 amide bonds. The highest BCUT2D eigenvalue weighted by atomic mass is 32.1. The van der Waals surface area contributed by atoms with Crippen LogP contribution in [0.5, 0.6) is 0 Å². The number of aryl methyl sites for hydroxylation is 1. The van der Waals surface area contributed by atoms with Gasteiger partial charge in [-0.15, -0.1) is 11.3 Å². The molecule has 0 unspecified atom stereocenters. The van der Waals surface area contributed by atoms with E-state index in [1.165, 1.54) is 0 Å². The van der Waals surface area contributed by atoms with Gasteiger partial charge in [-0.25, -0.2) is 9.97 Å². The predicted octanol–water partition coefficient (Wildman–Crippen LogP) is 1.82. The second-order valence-electron chi connectivity index (χ2n) is 4.20. The molecule has 0 spiro atoms. The minimum Gasteiger partial charge on any atom is -0.367 e. The standard InChI is InChI=1S/C12H14N4OS/c1-9-8-18-12(15-9)10-7-16(4-5-17-10)11-6-13-2-3-14-11/h2-3,6,8,10H,4-5,7H2,1H3/t10-/m1/s1. The fourth-order valence-electron chi connectivity index (χ4n) is 1.98. The van der Waals surface area contributed by atoms with Gasteiger partial charge in [0.05, 0.1) is 19.3 Å². The molecular formula is C12H14N4OS. The minimum atomic E-state index is 0.0412. The number of anilines is 1. The average molecular weight is 262 g/mol. The number of aromatic nitrogens is 3. The summed E-state index contributed by atoms with van der Waals surface area (Å²) in [5, 5.41) is 3.10. The van der Waals surface area contributed by atoms with E-state index < -0.39 is 0 Å². The molecule has 0 saturated carbocycles. The van der Waals surface area contributed by atoms with E-state index in [0.717, 1.165) is 29.6 Å². The van der Waals surface area contributed by atoms with Gasteiger partial charge in [-0.05, 0) is 6.92 Å². The summed E-state index contributed by atoms with van der Waals surface area (Å²) in [4.78, 5) is 15.1. The van der Waals surface area contributed by atoms with Crippen LogP contribution in [0.4, 0.5) is 5.82 Å². The zero-order valence-corrected chi connectivity index (χ0v) is 10.9. The highest BCUT2D eigenvalue weighted by Gasteiger charge is 2.25. The highest BCUT2D eigenvalue weighted by molar-refractivity contribution is 7.09. The van der Waals surface area contributed by atoms with Gasteiger partial charge in [0.25, 0.3) is 0 Å². The monoisotopic (exact) mass is 262 g/mol. The van der Waals surface area contributed by atoms with Crippen molar-refractivity contribution in [2.75, 3.05) is 24.6 Å². The van der Waals surface area contributed by atoms with Crippen LogP contribution in [0.15, 0.2) is 24.0 Å². The highest BCUT2D eigenvalue weighted by Crippen LogP contribution is 2.26. The molecule has 1 aliphatic heterocycles. The predicted molar refractivity (Wildman–Crippen MR) is 69.8 cm³/mol. The van der Waals surface area contributed by atoms with Crippen LogP contribution in [0.3, 0.4) is 0 Å². The lowest BCUT2D eigenvalue weighted by molar-refractivity contribution is 0.0393. The normalized spacial score (nSPS) is 20.1. The molecule has 18 heavy (non-hydrogen) atoms. The minimum absolute atomic E-state index is 0.0412. The molecule has 2 aromatic rings. The number of nitrogens with zero attached hydrogens (tertiary/aromatic N) is 4. The van der Waals surface area contributed by atoms with E-state index >= 15 is 0 Å². The number of hydrogen-bond donors (Lipinski definition) is 0. The van der Waals surface area contributed by atoms with Crippen LogP contribution in [-0.4, -0.2) is 34.6 Å². The Morgan fingerprint density at radius 2 is 2.39 bits per heavy atom. The van der Waals surface area contributed by atoms with Crippen LogP contribution in [0.2, 0.25) is 0 Å². The third-order valence-electron chi connectivity index (χ3n) is 2.85. The fraction of sp³-hybridized carbons (Fsp3) is 0.417. The van der Waals surface area contributed by atoms with Gasteiger partial charge in [-0.1, -0.05) is 0 Å². The topological polar surface area (TPSA) is 51.1 Å². The molecule has 94 valence electrons. The Hall–Kier alpha value is -1.53. The molecule has 3 rings (SSSR count). The second kappa shape index (κ2) is 4.99. The molecule has 0 radical (unpaired) electrons. The summed E-state index contributed by atoms with van der Waals surface area (Å²) in [6, 6.07) is 0. The van der Waals surface area contributed by atoms with Gasteiger partial charge in [-0.3, -0.25) is 4.98 Å². The van der Waals surface area contributed by atoms with E-state index in [9.17, 15) is 0 Å². The van der Waals surface area contributed by atoms with Gasteiger partial charge in [0.15, 0.2) is 0 Å². The summed E-state index contributed by atoms with van der Waals surface area (Å²) < 4.78 is 5.79. The zero-order valence-electron chi connectivity index (χ0n) is 10.1. The van der Waals surface area contributed by atoms with Gasteiger partial charge in [0.2, 0.25) is 0 Å². The Bertz CT molecular complexity index is 516. The van der Waals surface area contributed by atoms with Crippen LogP contribution in [-0.2, 0) is 4.74 Å². The lowest BCUT2D eigenvalue weighted by Crippen LogP contribution is -2.38. The molecule has 0 bridgehead atoms. The zero-order chi connectivity index (χ0) is 12.4. The molecule has 3 heterocycles. The largest absolute Gasteiger partial charge is 0.367 e. The number of morpholine rings is 1. The van der Waals surface area contributed by atoms with Crippen LogP contribution >= 0.6 is 11.3 Å². The second-order valence-corrected chi connectivity index (χ2v) is 5.09. The van der Waals surface area contributed by atoms with Crippen molar-refractivity contribution in [2.45, 2.75) is 13.0 Å². The van der Waals surface area contributed by atoms with E-state index in [-0.39, 0.29) is 6.10 Å². The van der Waals surface area contributed by atoms with Crippen LogP contribution < -0.4 is 4.90 Å². The average Bonchev–Trinajstić information content (AvgIpc) is 2.87. The third kappa shape index (κ3) is 2.34. The number of rotatable bonds is 2. The number of hydrogen-bond acceptors (Lipinski definition) is 6. The summed E-state index contributed by atoms with van der Waals surface area (Å²) in [6.45, 7) is 4.33. The van der Waals surface area contributed by atoms with Crippen LogP contribution in [0, 0.1) is 6.92 Å². The van der Waals surface area contributed by atoms with E-state index in [1.807, 2.05) is 6.92 Å². The summed E-state index contributed by atoms with van der Waals surface area (Å²) in [5.41, 5.74) is 1.05. The maximum Gasteiger partial charge on any atom is 0.147 e. The van der Waals surface area contributed by atoms with Crippen molar-refractivity contribution >= 4 is 17.2 Å². The van der Waals surface area contributed by atoms with Gasteiger partial charge in [0, 0.05) is 30.0 Å². The maximum atomic E-state index is 5.79. The van der Waals surface area contributed by atoms with Gasteiger partial charge in [0.1, 0.15) is 16.9 Å². The first-order valence-corrected chi connectivity index (χ1v) is 6.75. The molecule has 0 aromatic carbocycles. The molecule has 1 fully saturated rings. The van der Waals surface area contributed by atoms with Crippen molar-refractivity contribution in [3.8, 4) is 0 Å². The Labute approximate surface area is 109 Å². The quantitative estimate of drug-likeness (QED) is 0.826. The lowest BCUT2D eigenvalue weighted by atomic mass is 10.3. The molecule has 1 aliphatic rings. The molecular weight excluding hydrogens is 248 g/mol. The van der Waals surface area contributed by atoms with Crippen molar-refractivity contribution in [1.29, 1.82) is 0 Å². The number of ether oxygens (including phenoxy) is 1. The van der Waals surface area contributed by atoms with Crippen molar-refractivity contribution < 1.29 is 4.74 Å². The van der Waals surface area contributed by atoms with Crippen molar-refractivity contribution in [3.05, 3.63) is 34.7 Å². The summed E-state index contributed by atoms with van der Waals surface area (Å²) in [5.74, 6) is 0.902. The molecule has 6 heteroatoms. The Morgan fingerprint density at radius 1 is 1.44 bits per heavy atom. The van der Waals surface area contributed by atoms with E-state index in [1.54, 1.807) is 29.9 Å². The SMILES string of the molecule is Cc1csc([C@H]2CN(c3cnccn3)CCO2)n1. The fourth-order valence-corrected chi connectivity index (χ4v) is 2.82. The Kier molecular flexibility index (Phi) is 3.21. The first-order valence-electron chi connectivity index (χ1n) is 5.87. The van der Waals surface area contributed by atoms with Crippen molar-refractivity contribution in [1.82, 2.24) is 15.0 Å². The lowest BCUT2D eigenvalue weighted by Gasteiger charge is -2.32. The Balaban J connectivity index is 1.76. The smallest absolute Gasteiger partial charge is 0.147 e. The van der Waals surface area contributed by atoms with Gasteiger partial charge < -0.3 is 9.64 Å². The molecule has 0 N–H and O–H groups in total. The molecule has 5 nitrogen and oxygen atoms in total. The first-order chi connectivity index (χ1) is 8.83. The number of thiazole rings is 1. The molecule has 2 aromatic heterocycles. The third-order valence-corrected chi connectivity index (χ3v) is 3.91. The van der Waals surface area contributed by atoms with Gasteiger partial charge >= 0.3 is 0 Å². The van der Waals surface area contributed by atoms with E-state index in [2.05, 4.69) is 25.2 Å². The van der Waals surface area contributed by atoms with E-state index in [0.29, 0.717) is 6.61 Å². The van der Waals surface area contributed by atoms with Crippen LogP contribution in [0.1, 0.15) is 16.8 Å². The summed E-state index contributed by atoms with van der Waals surface area (Å²) in [7, 11) is 0. The molecule has 1 atom stereocenters. The maximum absolute atomic E-state index is 5.79. The summed E-state index contributed by atoms with van der Waals surface area (Å²) >= 11 is 1.65. The molecule has 0 aliphatic carbocycles. The van der Waals surface area contributed by atoms with Crippen molar-refractivity contribution in [2.24, 2.45) is 0 Å². The summed E-state index contributed by atoms with van der Waals surface area (Å²) in [6.07, 6.45) is 5.23. The van der Waals surface area contributed by atoms with Gasteiger partial charge in [-0.2, -0.15) is 0 Å². The Morgan fingerprint density at radius 3 is 3.11 bits per heavy atom. The first kappa shape index (κ1) is 11.6. The molecule has 1 saturated heterocycles.